The molecule has 7 heteroatoms. The van der Waals surface area contributed by atoms with Crippen LogP contribution in [0.5, 0.6) is 0 Å². The first-order chi connectivity index (χ1) is 12.8. The Kier molecular flexibility index (Phi) is 4.96. The fourth-order valence-electron chi connectivity index (χ4n) is 3.25. The second-order valence-corrected chi connectivity index (χ2v) is 6.71. The van der Waals surface area contributed by atoms with Crippen LogP contribution < -0.4 is 11.6 Å². The molecule has 0 aliphatic rings. The van der Waals surface area contributed by atoms with Crippen LogP contribution in [0.2, 0.25) is 0 Å². The molecule has 7 nitrogen and oxygen atoms in total. The maximum atomic E-state index is 12.4. The lowest BCUT2D eigenvalue weighted by atomic mass is 9.96. The van der Waals surface area contributed by atoms with Crippen LogP contribution in [0.3, 0.4) is 0 Å². The lowest BCUT2D eigenvalue weighted by Gasteiger charge is -2.17. The quantitative estimate of drug-likeness (QED) is 0.436. The Morgan fingerprint density at radius 1 is 1.07 bits per heavy atom. The number of aryl methyl sites for hydroxylation is 4. The van der Waals surface area contributed by atoms with Crippen molar-refractivity contribution in [2.24, 2.45) is 12.9 Å². The van der Waals surface area contributed by atoms with E-state index in [1.807, 2.05) is 39.8 Å². The summed E-state index contributed by atoms with van der Waals surface area (Å²) in [5.41, 5.74) is 6.02. The zero-order valence-electron chi connectivity index (χ0n) is 16.1. The highest BCUT2D eigenvalue weighted by Gasteiger charge is 2.20. The molecule has 0 amide bonds. The Hall–Kier alpha value is -3.19. The predicted octanol–water partition coefficient (Wildman–Crippen LogP) is 2.67. The number of aromatic nitrogens is 4. The first-order valence-electron chi connectivity index (χ1n) is 8.59. The molecule has 2 aromatic carbocycles. The number of tetrazole rings is 1. The van der Waals surface area contributed by atoms with E-state index in [1.54, 1.807) is 13.1 Å². The molecule has 1 aromatic heterocycles. The van der Waals surface area contributed by atoms with Crippen molar-refractivity contribution >= 4 is 11.3 Å². The van der Waals surface area contributed by atoms with Gasteiger partial charge in [-0.2, -0.15) is 15.3 Å². The zero-order valence-corrected chi connectivity index (χ0v) is 16.1. The van der Waals surface area contributed by atoms with Gasteiger partial charge in [0.15, 0.2) is 5.76 Å². The first kappa shape index (κ1) is 18.6. The lowest BCUT2D eigenvalue weighted by Crippen LogP contribution is -2.23. The van der Waals surface area contributed by atoms with E-state index in [4.69, 9.17) is 10.7 Å². The molecule has 0 aliphatic heterocycles. The molecular formula is C20H23N5O2. The van der Waals surface area contributed by atoms with Gasteiger partial charge in [-0.1, -0.05) is 41.5 Å². The van der Waals surface area contributed by atoms with E-state index < -0.39 is 0 Å². The molecule has 140 valence electrons. The molecule has 3 rings (SSSR count). The summed E-state index contributed by atoms with van der Waals surface area (Å²) in [6.45, 7) is 7.98. The minimum Gasteiger partial charge on any atom is -0.410 e. The van der Waals surface area contributed by atoms with Gasteiger partial charge in [-0.25, -0.2) is 4.79 Å². The minimum atomic E-state index is -0.345. The highest BCUT2D eigenvalue weighted by molar-refractivity contribution is 5.90. The van der Waals surface area contributed by atoms with Crippen LogP contribution in [0.25, 0.3) is 17.0 Å². The Bertz CT molecular complexity index is 1070. The molecule has 0 atom stereocenters. The number of benzene rings is 2. The largest absolute Gasteiger partial charge is 0.410 e. The maximum Gasteiger partial charge on any atom is 0.368 e. The molecule has 2 N–H and O–H groups in total. The number of hydrogen-bond acceptors (Lipinski definition) is 5. The summed E-state index contributed by atoms with van der Waals surface area (Å²) < 4.78 is 2.42. The average molecular weight is 365 g/mol. The number of allylic oxidation sites excluding steroid dienone is 1. The van der Waals surface area contributed by atoms with E-state index in [2.05, 4.69) is 28.6 Å². The van der Waals surface area contributed by atoms with E-state index in [-0.39, 0.29) is 5.69 Å². The summed E-state index contributed by atoms with van der Waals surface area (Å²) in [6, 6.07) is 11.9. The predicted molar refractivity (Wildman–Crippen MR) is 105 cm³/mol. The normalized spacial score (nSPS) is 12.1. The third-order valence-electron chi connectivity index (χ3n) is 4.54. The molecule has 0 saturated carbocycles. The number of nitrogens with zero attached hydrogens (tertiary/aromatic N) is 4. The third-order valence-corrected chi connectivity index (χ3v) is 4.54. The van der Waals surface area contributed by atoms with Gasteiger partial charge < -0.3 is 4.84 Å². The number of rotatable bonds is 4. The van der Waals surface area contributed by atoms with Crippen LogP contribution in [-0.4, -0.2) is 19.8 Å². The summed E-state index contributed by atoms with van der Waals surface area (Å²) in [4.78, 5) is 17.7. The van der Waals surface area contributed by atoms with Crippen molar-refractivity contribution < 1.29 is 4.84 Å². The zero-order chi connectivity index (χ0) is 19.7. The van der Waals surface area contributed by atoms with Gasteiger partial charge in [-0.15, -0.1) is 0 Å². The molecule has 0 fully saturated rings. The highest BCUT2D eigenvalue weighted by Crippen LogP contribution is 2.32. The van der Waals surface area contributed by atoms with Gasteiger partial charge in [0, 0.05) is 18.2 Å². The fourth-order valence-corrected chi connectivity index (χ4v) is 3.25. The number of nitrogens with two attached hydrogens (primary N) is 1. The van der Waals surface area contributed by atoms with Gasteiger partial charge >= 0.3 is 5.69 Å². The smallest absolute Gasteiger partial charge is 0.368 e. The Balaban J connectivity index is 2.30. The van der Waals surface area contributed by atoms with Gasteiger partial charge in [0.2, 0.25) is 0 Å². The number of hydrogen-bond donors (Lipinski definition) is 1. The Labute approximate surface area is 157 Å². The van der Waals surface area contributed by atoms with Gasteiger partial charge in [0.05, 0.1) is 5.69 Å². The SMILES string of the molecule is C/C(=C(\ON)c1c(C)cccc1-n1nnn(C)c1=O)c1cc(C)cc(C)c1. The van der Waals surface area contributed by atoms with E-state index >= 15 is 0 Å². The Morgan fingerprint density at radius 3 is 2.30 bits per heavy atom. The van der Waals surface area contributed by atoms with E-state index in [9.17, 15) is 4.79 Å². The average Bonchev–Trinajstić information content (AvgIpc) is 2.95. The molecule has 27 heavy (non-hydrogen) atoms. The van der Waals surface area contributed by atoms with Gasteiger partial charge in [-0.05, 0) is 55.3 Å². The van der Waals surface area contributed by atoms with E-state index in [0.29, 0.717) is 17.0 Å². The van der Waals surface area contributed by atoms with Crippen molar-refractivity contribution in [1.29, 1.82) is 0 Å². The van der Waals surface area contributed by atoms with Crippen molar-refractivity contribution in [3.63, 3.8) is 0 Å². The van der Waals surface area contributed by atoms with Gasteiger partial charge in [-0.3, -0.25) is 0 Å². The van der Waals surface area contributed by atoms with Crippen molar-refractivity contribution in [2.45, 2.75) is 27.7 Å². The van der Waals surface area contributed by atoms with E-state index in [1.165, 1.54) is 9.36 Å². The second kappa shape index (κ2) is 7.20. The van der Waals surface area contributed by atoms with Crippen LogP contribution in [0.15, 0.2) is 41.2 Å². The summed E-state index contributed by atoms with van der Waals surface area (Å²) in [7, 11) is 1.55. The lowest BCUT2D eigenvalue weighted by molar-refractivity contribution is 0.291. The molecule has 0 bridgehead atoms. The summed E-state index contributed by atoms with van der Waals surface area (Å²) in [5, 5.41) is 7.77. The van der Waals surface area contributed by atoms with Crippen molar-refractivity contribution in [1.82, 2.24) is 19.8 Å². The standard InChI is InChI=1S/C20H23N5O2/c1-12-9-13(2)11-16(10-12)15(4)19(27-21)18-14(3)7-6-8-17(18)25-20(26)24(5)22-23-25/h6-11H,21H2,1-5H3/b19-15+. The summed E-state index contributed by atoms with van der Waals surface area (Å²) in [6.07, 6.45) is 0. The minimum absolute atomic E-state index is 0.345. The monoisotopic (exact) mass is 365 g/mol. The van der Waals surface area contributed by atoms with Crippen LogP contribution in [-0.2, 0) is 11.9 Å². The van der Waals surface area contributed by atoms with Crippen molar-refractivity contribution in [3.8, 4) is 5.69 Å². The third kappa shape index (κ3) is 3.41. The van der Waals surface area contributed by atoms with Gasteiger partial charge in [0.1, 0.15) is 0 Å². The Morgan fingerprint density at radius 2 is 1.74 bits per heavy atom. The topological polar surface area (TPSA) is 88.0 Å². The fraction of sp³-hybridized carbons (Fsp3) is 0.250. The van der Waals surface area contributed by atoms with E-state index in [0.717, 1.165) is 27.8 Å². The second-order valence-electron chi connectivity index (χ2n) is 6.71. The molecule has 0 spiro atoms. The summed E-state index contributed by atoms with van der Waals surface area (Å²) in [5.74, 6) is 6.18. The molecule has 1 heterocycles. The highest BCUT2D eigenvalue weighted by atomic mass is 16.6. The van der Waals surface area contributed by atoms with Crippen LogP contribution in [0, 0.1) is 20.8 Å². The summed E-state index contributed by atoms with van der Waals surface area (Å²) >= 11 is 0. The molecule has 0 aliphatic carbocycles. The van der Waals surface area contributed by atoms with Crippen molar-refractivity contribution in [3.05, 3.63) is 74.7 Å². The van der Waals surface area contributed by atoms with Crippen LogP contribution in [0.4, 0.5) is 0 Å². The maximum absolute atomic E-state index is 12.4. The first-order valence-corrected chi connectivity index (χ1v) is 8.59. The van der Waals surface area contributed by atoms with Crippen LogP contribution in [0.1, 0.15) is 34.7 Å². The molecule has 0 unspecified atom stereocenters. The van der Waals surface area contributed by atoms with Crippen LogP contribution >= 0.6 is 0 Å². The molecule has 0 radical (unpaired) electrons. The molecular weight excluding hydrogens is 342 g/mol. The van der Waals surface area contributed by atoms with Gasteiger partial charge in [0.25, 0.3) is 0 Å². The van der Waals surface area contributed by atoms with Crippen molar-refractivity contribution in [2.75, 3.05) is 0 Å². The molecule has 3 aromatic rings. The molecule has 0 saturated heterocycles.